The van der Waals surface area contributed by atoms with Gasteiger partial charge in [-0.05, 0) is 0 Å². The largest absolute Gasteiger partial charge is 0.378 e. The molecule has 21 heavy (non-hydrogen) atoms. The van der Waals surface area contributed by atoms with Crippen molar-refractivity contribution in [2.24, 2.45) is 5.73 Å². The maximum Gasteiger partial charge on any atom is 0.300 e. The molecule has 0 saturated carbocycles. The molecule has 1 aliphatic rings. The van der Waals surface area contributed by atoms with Crippen molar-refractivity contribution in [1.29, 1.82) is 0 Å². The second kappa shape index (κ2) is 5.85. The summed E-state index contributed by atoms with van der Waals surface area (Å²) >= 11 is 6.22. The zero-order valence-electron chi connectivity index (χ0n) is 10.4. The molecule has 1 aromatic rings. The maximum absolute atomic E-state index is 12.5. The second-order valence-corrected chi connectivity index (χ2v) is 7.86. The zero-order chi connectivity index (χ0) is 15.8. The second-order valence-electron chi connectivity index (χ2n) is 4.09. The fourth-order valence-electron chi connectivity index (χ4n) is 1.81. The van der Waals surface area contributed by atoms with Gasteiger partial charge in [-0.15, -0.1) is 11.3 Å². The number of nitrogens with two attached hydrogens (primary N) is 1. The number of carbonyl (C=O) groups excluding carboxylic acids is 1. The standard InChI is InChI=1S/C9H10ClN3O6S2/c10-8-5(13(15)16)3-7(20-8)21(17,18)12-1-2-19-4-6(12)9(11)14/h3,6H,1-2,4H2,(H2,11,14). The molecule has 0 aromatic carbocycles. The van der Waals surface area contributed by atoms with Crippen LogP contribution in [0.2, 0.25) is 4.34 Å². The van der Waals surface area contributed by atoms with Crippen molar-refractivity contribution in [2.75, 3.05) is 19.8 Å². The van der Waals surface area contributed by atoms with Crippen molar-refractivity contribution in [1.82, 2.24) is 4.31 Å². The maximum atomic E-state index is 12.5. The first-order chi connectivity index (χ1) is 9.75. The number of amides is 1. The van der Waals surface area contributed by atoms with E-state index < -0.39 is 32.6 Å². The first kappa shape index (κ1) is 16.1. The Balaban J connectivity index is 2.43. The Morgan fingerprint density at radius 1 is 1.62 bits per heavy atom. The molecule has 1 atom stereocenters. The van der Waals surface area contributed by atoms with Gasteiger partial charge in [0.05, 0.1) is 18.1 Å². The van der Waals surface area contributed by atoms with E-state index in [0.29, 0.717) is 11.3 Å². The van der Waals surface area contributed by atoms with Crippen LogP contribution < -0.4 is 5.73 Å². The Kier molecular flexibility index (Phi) is 4.49. The number of primary amides is 1. The van der Waals surface area contributed by atoms with E-state index in [1.54, 1.807) is 0 Å². The third kappa shape index (κ3) is 3.01. The molecule has 2 N–H and O–H groups in total. The van der Waals surface area contributed by atoms with Gasteiger partial charge in [-0.25, -0.2) is 8.42 Å². The monoisotopic (exact) mass is 355 g/mol. The molecule has 2 heterocycles. The van der Waals surface area contributed by atoms with Crippen LogP contribution in [0.5, 0.6) is 0 Å². The molecule has 0 aliphatic carbocycles. The average Bonchev–Trinajstić information content (AvgIpc) is 2.81. The third-order valence-corrected chi connectivity index (χ3v) is 6.51. The van der Waals surface area contributed by atoms with Gasteiger partial charge in [0.2, 0.25) is 5.91 Å². The van der Waals surface area contributed by atoms with Crippen LogP contribution in [-0.4, -0.2) is 49.4 Å². The smallest absolute Gasteiger partial charge is 0.300 e. The van der Waals surface area contributed by atoms with E-state index in [1.807, 2.05) is 0 Å². The highest BCUT2D eigenvalue weighted by Gasteiger charge is 2.39. The molecule has 0 bridgehead atoms. The quantitative estimate of drug-likeness (QED) is 0.605. The van der Waals surface area contributed by atoms with E-state index in [4.69, 9.17) is 22.1 Å². The number of morpholine rings is 1. The van der Waals surface area contributed by atoms with Gasteiger partial charge < -0.3 is 10.5 Å². The number of nitro groups is 1. The minimum Gasteiger partial charge on any atom is -0.378 e. The molecule has 0 spiro atoms. The highest BCUT2D eigenvalue weighted by Crippen LogP contribution is 2.38. The minimum absolute atomic E-state index is 0.0702. The van der Waals surface area contributed by atoms with Crippen molar-refractivity contribution in [3.05, 3.63) is 20.5 Å². The molecule has 0 radical (unpaired) electrons. The Bertz CT molecular complexity index is 688. The summed E-state index contributed by atoms with van der Waals surface area (Å²) in [6.07, 6.45) is 0. The number of ether oxygens (including phenoxy) is 1. The third-order valence-electron chi connectivity index (χ3n) is 2.81. The average molecular weight is 356 g/mol. The van der Waals surface area contributed by atoms with Crippen molar-refractivity contribution in [3.63, 3.8) is 0 Å². The highest BCUT2D eigenvalue weighted by atomic mass is 35.5. The number of hydrogen-bond acceptors (Lipinski definition) is 7. The van der Waals surface area contributed by atoms with Gasteiger partial charge in [0, 0.05) is 12.6 Å². The lowest BCUT2D eigenvalue weighted by atomic mass is 10.3. The molecule has 116 valence electrons. The van der Waals surface area contributed by atoms with E-state index in [9.17, 15) is 23.3 Å². The molecule has 1 fully saturated rings. The van der Waals surface area contributed by atoms with E-state index in [-0.39, 0.29) is 28.3 Å². The SMILES string of the molecule is NC(=O)C1COCCN1S(=O)(=O)c1cc([N+](=O)[O-])c(Cl)s1. The molecular formula is C9H10ClN3O6S2. The van der Waals surface area contributed by atoms with Gasteiger partial charge in [0.25, 0.3) is 15.7 Å². The van der Waals surface area contributed by atoms with E-state index in [1.165, 1.54) is 0 Å². The summed E-state index contributed by atoms with van der Waals surface area (Å²) in [5.74, 6) is -0.851. The molecular weight excluding hydrogens is 346 g/mol. The normalized spacial score (nSPS) is 20.3. The summed E-state index contributed by atoms with van der Waals surface area (Å²) in [6.45, 7) is -0.126. The van der Waals surface area contributed by atoms with Crippen LogP contribution in [0.4, 0.5) is 5.69 Å². The number of sulfonamides is 1. The molecule has 1 amide bonds. The fourth-order valence-corrected chi connectivity index (χ4v) is 5.17. The summed E-state index contributed by atoms with van der Waals surface area (Å²) in [5, 5.41) is 10.7. The van der Waals surface area contributed by atoms with Crippen LogP contribution in [0.15, 0.2) is 10.3 Å². The van der Waals surface area contributed by atoms with Crippen LogP contribution in [0.3, 0.4) is 0 Å². The molecule has 1 unspecified atom stereocenters. The van der Waals surface area contributed by atoms with Crippen LogP contribution >= 0.6 is 22.9 Å². The fraction of sp³-hybridized carbons (Fsp3) is 0.444. The predicted molar refractivity (Wildman–Crippen MR) is 73.7 cm³/mol. The molecule has 1 aromatic heterocycles. The number of thiophene rings is 1. The topological polar surface area (TPSA) is 133 Å². The van der Waals surface area contributed by atoms with Gasteiger partial charge >= 0.3 is 0 Å². The van der Waals surface area contributed by atoms with Crippen LogP contribution in [0.25, 0.3) is 0 Å². The van der Waals surface area contributed by atoms with Gasteiger partial charge in [-0.1, -0.05) is 11.6 Å². The zero-order valence-corrected chi connectivity index (χ0v) is 12.8. The number of halogens is 1. The van der Waals surface area contributed by atoms with Crippen molar-refractivity contribution in [3.8, 4) is 0 Å². The Morgan fingerprint density at radius 2 is 2.29 bits per heavy atom. The molecule has 1 saturated heterocycles. The van der Waals surface area contributed by atoms with Crippen LogP contribution in [-0.2, 0) is 19.6 Å². The summed E-state index contributed by atoms with van der Waals surface area (Å²) in [7, 11) is -4.11. The number of hydrogen-bond donors (Lipinski definition) is 1. The predicted octanol–water partition coefficient (Wildman–Crippen LogP) is 0.185. The summed E-state index contributed by atoms with van der Waals surface area (Å²) in [6, 6.07) is -0.278. The van der Waals surface area contributed by atoms with Gasteiger partial charge in [0.15, 0.2) is 4.34 Å². The summed E-state index contributed by atoms with van der Waals surface area (Å²) in [5.41, 5.74) is 4.66. The van der Waals surface area contributed by atoms with Crippen molar-refractivity contribution < 1.29 is 22.9 Å². The van der Waals surface area contributed by atoms with Gasteiger partial charge in [-0.2, -0.15) is 4.31 Å². The van der Waals surface area contributed by atoms with E-state index >= 15 is 0 Å². The Morgan fingerprint density at radius 3 is 2.81 bits per heavy atom. The van der Waals surface area contributed by atoms with Gasteiger partial charge in [-0.3, -0.25) is 14.9 Å². The number of rotatable bonds is 4. The highest BCUT2D eigenvalue weighted by molar-refractivity contribution is 7.91. The lowest BCUT2D eigenvalue weighted by molar-refractivity contribution is -0.384. The summed E-state index contributed by atoms with van der Waals surface area (Å²) in [4.78, 5) is 21.3. The van der Waals surface area contributed by atoms with E-state index in [0.717, 1.165) is 10.4 Å². The molecule has 12 heteroatoms. The molecule has 9 nitrogen and oxygen atoms in total. The first-order valence-electron chi connectivity index (χ1n) is 5.57. The molecule has 1 aliphatic heterocycles. The van der Waals surface area contributed by atoms with Crippen molar-refractivity contribution >= 4 is 44.6 Å². The van der Waals surface area contributed by atoms with Crippen molar-refractivity contribution in [2.45, 2.75) is 10.3 Å². The minimum atomic E-state index is -4.11. The lowest BCUT2D eigenvalue weighted by Gasteiger charge is -2.31. The number of nitrogens with zero attached hydrogens (tertiary/aromatic N) is 2. The Labute approximate surface area is 128 Å². The van der Waals surface area contributed by atoms with Gasteiger partial charge in [0.1, 0.15) is 10.3 Å². The van der Waals surface area contributed by atoms with E-state index in [2.05, 4.69) is 0 Å². The van der Waals surface area contributed by atoms with Crippen LogP contribution in [0, 0.1) is 10.1 Å². The number of carbonyl (C=O) groups is 1. The first-order valence-corrected chi connectivity index (χ1v) is 8.21. The lowest BCUT2D eigenvalue weighted by Crippen LogP contribution is -2.54. The summed E-state index contributed by atoms with van der Waals surface area (Å²) < 4.78 is 30.3. The Hall–Kier alpha value is -1.27. The molecule has 2 rings (SSSR count). The van der Waals surface area contributed by atoms with Crippen LogP contribution in [0.1, 0.15) is 0 Å².